The first-order valence-corrected chi connectivity index (χ1v) is 4.21. The van der Waals surface area contributed by atoms with E-state index >= 15 is 0 Å². The third kappa shape index (κ3) is 2.84. The maximum atomic E-state index is 11.9. The van der Waals surface area contributed by atoms with Gasteiger partial charge in [0.15, 0.2) is 0 Å². The number of halogens is 3. The number of hydrogen-bond donors (Lipinski definition) is 0. The molecule has 0 bridgehead atoms. The third-order valence-electron chi connectivity index (χ3n) is 1.35. The lowest BCUT2D eigenvalue weighted by Crippen LogP contribution is -2.02. The molecule has 0 amide bonds. The fourth-order valence-electron chi connectivity index (χ4n) is 0.797. The van der Waals surface area contributed by atoms with Crippen LogP contribution in [0.3, 0.4) is 0 Å². The molecule has 13 heavy (non-hydrogen) atoms. The molecule has 0 aromatic heterocycles. The molecular formula is C8H7BrF2O2. The summed E-state index contributed by atoms with van der Waals surface area (Å²) in [7, 11) is 1.45. The van der Waals surface area contributed by atoms with E-state index in [1.165, 1.54) is 13.2 Å². The Morgan fingerprint density at radius 1 is 1.38 bits per heavy atom. The quantitative estimate of drug-likeness (QED) is 0.824. The lowest BCUT2D eigenvalue weighted by Gasteiger charge is -2.07. The first-order valence-electron chi connectivity index (χ1n) is 3.42. The summed E-state index contributed by atoms with van der Waals surface area (Å²) in [6.07, 6.45) is 0. The van der Waals surface area contributed by atoms with Crippen LogP contribution >= 0.6 is 15.9 Å². The van der Waals surface area contributed by atoms with Crippen LogP contribution in [0.15, 0.2) is 22.7 Å². The SMILES string of the molecule is COc1ccc(Br)c(OC(F)F)c1. The third-order valence-corrected chi connectivity index (χ3v) is 2.01. The maximum Gasteiger partial charge on any atom is 0.387 e. The second-order valence-electron chi connectivity index (χ2n) is 2.17. The molecule has 0 aliphatic carbocycles. The molecule has 0 radical (unpaired) electrons. The highest BCUT2D eigenvalue weighted by Gasteiger charge is 2.08. The number of ether oxygens (including phenoxy) is 2. The molecule has 0 saturated carbocycles. The van der Waals surface area contributed by atoms with Gasteiger partial charge in [-0.25, -0.2) is 0 Å². The Bertz CT molecular complexity index is 291. The summed E-state index contributed by atoms with van der Waals surface area (Å²) in [5.74, 6) is 0.535. The summed E-state index contributed by atoms with van der Waals surface area (Å²) in [4.78, 5) is 0. The molecule has 2 nitrogen and oxygen atoms in total. The molecule has 0 atom stereocenters. The van der Waals surface area contributed by atoms with E-state index in [1.807, 2.05) is 0 Å². The summed E-state index contributed by atoms with van der Waals surface area (Å²) in [6.45, 7) is -2.83. The molecule has 0 heterocycles. The Labute approximate surface area is 82.6 Å². The molecular weight excluding hydrogens is 246 g/mol. The fourth-order valence-corrected chi connectivity index (χ4v) is 1.14. The van der Waals surface area contributed by atoms with E-state index in [0.717, 1.165) is 0 Å². The van der Waals surface area contributed by atoms with Crippen molar-refractivity contribution >= 4 is 15.9 Å². The van der Waals surface area contributed by atoms with Crippen molar-refractivity contribution in [3.63, 3.8) is 0 Å². The van der Waals surface area contributed by atoms with Crippen molar-refractivity contribution in [3.05, 3.63) is 22.7 Å². The molecule has 0 fully saturated rings. The van der Waals surface area contributed by atoms with Crippen molar-refractivity contribution in [2.75, 3.05) is 7.11 Å². The van der Waals surface area contributed by atoms with Crippen molar-refractivity contribution < 1.29 is 18.3 Å². The number of alkyl halides is 2. The van der Waals surface area contributed by atoms with Gasteiger partial charge in [-0.3, -0.25) is 0 Å². The van der Waals surface area contributed by atoms with Crippen molar-refractivity contribution in [3.8, 4) is 11.5 Å². The van der Waals surface area contributed by atoms with Gasteiger partial charge in [0.05, 0.1) is 11.6 Å². The Morgan fingerprint density at radius 2 is 2.08 bits per heavy atom. The van der Waals surface area contributed by atoms with Gasteiger partial charge < -0.3 is 9.47 Å². The van der Waals surface area contributed by atoms with Crippen LogP contribution in [0.2, 0.25) is 0 Å². The van der Waals surface area contributed by atoms with Gasteiger partial charge in [0.25, 0.3) is 0 Å². The van der Waals surface area contributed by atoms with Crippen molar-refractivity contribution in [1.82, 2.24) is 0 Å². The summed E-state index contributed by atoms with van der Waals surface area (Å²) < 4.78 is 33.2. The predicted octanol–water partition coefficient (Wildman–Crippen LogP) is 3.06. The summed E-state index contributed by atoms with van der Waals surface area (Å²) in [5.41, 5.74) is 0. The van der Waals surface area contributed by atoms with Crippen LogP contribution in [-0.2, 0) is 0 Å². The molecule has 1 rings (SSSR count). The molecule has 0 unspecified atom stereocenters. The minimum atomic E-state index is -2.83. The highest BCUT2D eigenvalue weighted by atomic mass is 79.9. The van der Waals surface area contributed by atoms with E-state index < -0.39 is 6.61 Å². The smallest absolute Gasteiger partial charge is 0.387 e. The van der Waals surface area contributed by atoms with Gasteiger partial charge in [-0.15, -0.1) is 0 Å². The zero-order valence-corrected chi connectivity index (χ0v) is 8.35. The minimum absolute atomic E-state index is 0.0642. The van der Waals surface area contributed by atoms with Crippen molar-refractivity contribution in [2.24, 2.45) is 0 Å². The van der Waals surface area contributed by atoms with Gasteiger partial charge in [-0.2, -0.15) is 8.78 Å². The standard InChI is InChI=1S/C8H7BrF2O2/c1-12-5-2-3-6(9)7(4-5)13-8(10)11/h2-4,8H,1H3. The highest BCUT2D eigenvalue weighted by Crippen LogP contribution is 2.30. The Hall–Kier alpha value is -0.840. The lowest BCUT2D eigenvalue weighted by molar-refractivity contribution is -0.0504. The molecule has 0 spiro atoms. The minimum Gasteiger partial charge on any atom is -0.497 e. The van der Waals surface area contributed by atoms with Crippen LogP contribution in [-0.4, -0.2) is 13.7 Å². The Balaban J connectivity index is 2.90. The maximum absolute atomic E-state index is 11.9. The van der Waals surface area contributed by atoms with Crippen LogP contribution in [0.5, 0.6) is 11.5 Å². The lowest BCUT2D eigenvalue weighted by atomic mass is 10.3. The number of methoxy groups -OCH3 is 1. The van der Waals surface area contributed by atoms with Gasteiger partial charge in [-0.05, 0) is 28.1 Å². The van der Waals surface area contributed by atoms with E-state index in [-0.39, 0.29) is 5.75 Å². The molecule has 5 heteroatoms. The highest BCUT2D eigenvalue weighted by molar-refractivity contribution is 9.10. The largest absolute Gasteiger partial charge is 0.497 e. The predicted molar refractivity (Wildman–Crippen MR) is 47.3 cm³/mol. The summed E-state index contributed by atoms with van der Waals surface area (Å²) in [5, 5.41) is 0. The Kier molecular flexibility index (Phi) is 3.48. The van der Waals surface area contributed by atoms with Gasteiger partial charge in [0, 0.05) is 6.07 Å². The number of hydrogen-bond acceptors (Lipinski definition) is 2. The van der Waals surface area contributed by atoms with Crippen LogP contribution < -0.4 is 9.47 Å². The average molecular weight is 253 g/mol. The fraction of sp³-hybridized carbons (Fsp3) is 0.250. The molecule has 0 aliphatic rings. The zero-order chi connectivity index (χ0) is 9.84. The monoisotopic (exact) mass is 252 g/mol. The second kappa shape index (κ2) is 4.41. The van der Waals surface area contributed by atoms with Crippen LogP contribution in [0.4, 0.5) is 8.78 Å². The molecule has 1 aromatic carbocycles. The van der Waals surface area contributed by atoms with Gasteiger partial charge in [0.1, 0.15) is 11.5 Å². The van der Waals surface area contributed by atoms with Crippen LogP contribution in [0.1, 0.15) is 0 Å². The molecule has 0 aliphatic heterocycles. The summed E-state index contributed by atoms with van der Waals surface area (Å²) >= 11 is 3.07. The zero-order valence-electron chi connectivity index (χ0n) is 6.76. The van der Waals surface area contributed by atoms with E-state index in [4.69, 9.17) is 4.74 Å². The Morgan fingerprint density at radius 3 is 2.62 bits per heavy atom. The van der Waals surface area contributed by atoms with Crippen molar-refractivity contribution in [1.29, 1.82) is 0 Å². The molecule has 0 N–H and O–H groups in total. The van der Waals surface area contributed by atoms with Gasteiger partial charge >= 0.3 is 6.61 Å². The van der Waals surface area contributed by atoms with E-state index in [2.05, 4.69) is 20.7 Å². The van der Waals surface area contributed by atoms with Crippen LogP contribution in [0.25, 0.3) is 0 Å². The topological polar surface area (TPSA) is 18.5 Å². The number of rotatable bonds is 3. The van der Waals surface area contributed by atoms with E-state index in [9.17, 15) is 8.78 Å². The van der Waals surface area contributed by atoms with E-state index in [1.54, 1.807) is 12.1 Å². The van der Waals surface area contributed by atoms with Crippen molar-refractivity contribution in [2.45, 2.75) is 6.61 Å². The molecule has 72 valence electrons. The number of benzene rings is 1. The molecule has 0 saturated heterocycles. The average Bonchev–Trinajstić information content (AvgIpc) is 2.08. The normalized spacial score (nSPS) is 10.2. The van der Waals surface area contributed by atoms with E-state index in [0.29, 0.717) is 10.2 Å². The summed E-state index contributed by atoms with van der Waals surface area (Å²) in [6, 6.07) is 4.61. The van der Waals surface area contributed by atoms with Gasteiger partial charge in [0.2, 0.25) is 0 Å². The van der Waals surface area contributed by atoms with Gasteiger partial charge in [-0.1, -0.05) is 0 Å². The first-order chi connectivity index (χ1) is 6.13. The molecule has 1 aromatic rings. The first kappa shape index (κ1) is 10.2. The van der Waals surface area contributed by atoms with Crippen LogP contribution in [0, 0.1) is 0 Å². The second-order valence-corrected chi connectivity index (χ2v) is 3.03.